The number of likely N-dealkylation sites (N-methyl/N-ethyl adjacent to an activating group) is 1. The van der Waals surface area contributed by atoms with Crippen LogP contribution in [-0.4, -0.2) is 43.5 Å². The van der Waals surface area contributed by atoms with Gasteiger partial charge in [-0.2, -0.15) is 0 Å². The molecule has 1 saturated heterocycles. The van der Waals surface area contributed by atoms with E-state index in [-0.39, 0.29) is 0 Å². The minimum Gasteiger partial charge on any atom is -0.371 e. The molecule has 0 aromatic heterocycles. The fourth-order valence-corrected chi connectivity index (χ4v) is 1.90. The highest BCUT2D eigenvalue weighted by molar-refractivity contribution is 5.88. The van der Waals surface area contributed by atoms with Crippen molar-refractivity contribution >= 4 is 5.84 Å². The van der Waals surface area contributed by atoms with Crippen LogP contribution < -0.4 is 5.32 Å². The first-order valence-corrected chi connectivity index (χ1v) is 4.36. The van der Waals surface area contributed by atoms with Crippen molar-refractivity contribution in [3.63, 3.8) is 0 Å². The van der Waals surface area contributed by atoms with E-state index >= 15 is 0 Å². The Morgan fingerprint density at radius 2 is 2.55 bits per heavy atom. The summed E-state index contributed by atoms with van der Waals surface area (Å²) in [6, 6.07) is 0.595. The highest BCUT2D eigenvalue weighted by atomic mass is 15.2. The SMILES string of the molecule is CN1CCCC1C1=NCCN1. The largest absolute Gasteiger partial charge is 0.371 e. The molecule has 3 nitrogen and oxygen atoms in total. The molecule has 0 aromatic carbocycles. The number of nitrogens with one attached hydrogen (secondary N) is 1. The Labute approximate surface area is 67.5 Å². The molecule has 0 saturated carbocycles. The number of hydrogen-bond acceptors (Lipinski definition) is 3. The van der Waals surface area contributed by atoms with Gasteiger partial charge in [-0.3, -0.25) is 9.89 Å². The van der Waals surface area contributed by atoms with E-state index < -0.39 is 0 Å². The highest BCUT2D eigenvalue weighted by Crippen LogP contribution is 2.16. The number of likely N-dealkylation sites (tertiary alicyclic amines) is 1. The van der Waals surface area contributed by atoms with Crippen molar-refractivity contribution in [3.8, 4) is 0 Å². The van der Waals surface area contributed by atoms with Crippen LogP contribution in [0.5, 0.6) is 0 Å². The average Bonchev–Trinajstić information content (AvgIpc) is 2.55. The first-order valence-electron chi connectivity index (χ1n) is 4.36. The number of aliphatic imine (C=N–C) groups is 1. The summed E-state index contributed by atoms with van der Waals surface area (Å²) < 4.78 is 0. The molecule has 0 aromatic rings. The molecule has 0 spiro atoms. The van der Waals surface area contributed by atoms with Gasteiger partial charge in [-0.05, 0) is 26.4 Å². The molecule has 2 rings (SSSR count). The van der Waals surface area contributed by atoms with Gasteiger partial charge < -0.3 is 5.32 Å². The van der Waals surface area contributed by atoms with Crippen molar-refractivity contribution in [2.75, 3.05) is 26.7 Å². The number of rotatable bonds is 1. The molecule has 1 unspecified atom stereocenters. The van der Waals surface area contributed by atoms with Gasteiger partial charge in [0.15, 0.2) is 0 Å². The zero-order chi connectivity index (χ0) is 7.68. The van der Waals surface area contributed by atoms with Crippen molar-refractivity contribution in [1.29, 1.82) is 0 Å². The van der Waals surface area contributed by atoms with Crippen LogP contribution in [0.1, 0.15) is 12.8 Å². The van der Waals surface area contributed by atoms with E-state index in [0.717, 1.165) is 13.1 Å². The minimum absolute atomic E-state index is 0.595. The summed E-state index contributed by atoms with van der Waals surface area (Å²) >= 11 is 0. The second-order valence-corrected chi connectivity index (χ2v) is 3.33. The molecule has 11 heavy (non-hydrogen) atoms. The predicted octanol–water partition coefficient (Wildman–Crippen LogP) is 0.0823. The summed E-state index contributed by atoms with van der Waals surface area (Å²) in [5.41, 5.74) is 0. The standard InChI is InChI=1S/C8H15N3/c1-11-6-2-3-7(11)8-9-4-5-10-8/h7H,2-6H2,1H3,(H,9,10). The first kappa shape index (κ1) is 7.10. The maximum atomic E-state index is 4.43. The lowest BCUT2D eigenvalue weighted by Crippen LogP contribution is -2.39. The third-order valence-corrected chi connectivity index (χ3v) is 2.54. The predicted molar refractivity (Wildman–Crippen MR) is 46.0 cm³/mol. The van der Waals surface area contributed by atoms with Crippen LogP contribution in [0, 0.1) is 0 Å². The van der Waals surface area contributed by atoms with E-state index in [0.29, 0.717) is 6.04 Å². The Hall–Kier alpha value is -0.570. The topological polar surface area (TPSA) is 27.6 Å². The van der Waals surface area contributed by atoms with Gasteiger partial charge in [0.25, 0.3) is 0 Å². The van der Waals surface area contributed by atoms with Crippen molar-refractivity contribution in [2.45, 2.75) is 18.9 Å². The zero-order valence-corrected chi connectivity index (χ0v) is 7.01. The second kappa shape index (κ2) is 2.81. The van der Waals surface area contributed by atoms with Gasteiger partial charge in [-0.25, -0.2) is 0 Å². The molecule has 0 aliphatic carbocycles. The summed E-state index contributed by atoms with van der Waals surface area (Å²) in [6.45, 7) is 3.24. The van der Waals surface area contributed by atoms with Crippen LogP contribution in [0.15, 0.2) is 4.99 Å². The third kappa shape index (κ3) is 1.25. The van der Waals surface area contributed by atoms with E-state index in [1.54, 1.807) is 0 Å². The Bertz CT molecular complexity index is 176. The van der Waals surface area contributed by atoms with Gasteiger partial charge in [0, 0.05) is 6.54 Å². The highest BCUT2D eigenvalue weighted by Gasteiger charge is 2.26. The van der Waals surface area contributed by atoms with Crippen molar-refractivity contribution in [2.24, 2.45) is 4.99 Å². The minimum atomic E-state index is 0.595. The number of amidine groups is 1. The van der Waals surface area contributed by atoms with Gasteiger partial charge in [0.1, 0.15) is 5.84 Å². The maximum absolute atomic E-state index is 4.43. The normalized spacial score (nSPS) is 32.1. The molecule has 1 N–H and O–H groups in total. The lowest BCUT2D eigenvalue weighted by Gasteiger charge is -2.19. The molecular weight excluding hydrogens is 138 g/mol. The zero-order valence-electron chi connectivity index (χ0n) is 7.01. The van der Waals surface area contributed by atoms with Gasteiger partial charge in [-0.1, -0.05) is 0 Å². The average molecular weight is 153 g/mol. The van der Waals surface area contributed by atoms with E-state index in [1.807, 2.05) is 0 Å². The van der Waals surface area contributed by atoms with Crippen LogP contribution in [0.3, 0.4) is 0 Å². The molecular formula is C8H15N3. The first-order chi connectivity index (χ1) is 5.38. The van der Waals surface area contributed by atoms with Gasteiger partial charge >= 0.3 is 0 Å². The summed E-state index contributed by atoms with van der Waals surface area (Å²) in [6.07, 6.45) is 2.60. The molecule has 1 fully saturated rings. The summed E-state index contributed by atoms with van der Waals surface area (Å²) in [4.78, 5) is 6.82. The molecule has 2 heterocycles. The number of nitrogens with zero attached hydrogens (tertiary/aromatic N) is 2. The lowest BCUT2D eigenvalue weighted by atomic mass is 10.2. The molecule has 1 atom stereocenters. The Kier molecular flexibility index (Phi) is 1.82. The lowest BCUT2D eigenvalue weighted by molar-refractivity contribution is 0.369. The molecule has 2 aliphatic rings. The summed E-state index contributed by atoms with van der Waals surface area (Å²) in [5, 5.41) is 3.34. The smallest absolute Gasteiger partial charge is 0.114 e. The quantitative estimate of drug-likeness (QED) is 0.578. The molecule has 2 aliphatic heterocycles. The third-order valence-electron chi connectivity index (χ3n) is 2.54. The van der Waals surface area contributed by atoms with E-state index in [4.69, 9.17) is 0 Å². The van der Waals surface area contributed by atoms with Gasteiger partial charge in [-0.15, -0.1) is 0 Å². The van der Waals surface area contributed by atoms with E-state index in [9.17, 15) is 0 Å². The second-order valence-electron chi connectivity index (χ2n) is 3.33. The van der Waals surface area contributed by atoms with Gasteiger partial charge in [0.05, 0.1) is 12.6 Å². The fourth-order valence-electron chi connectivity index (χ4n) is 1.90. The van der Waals surface area contributed by atoms with E-state index in [1.165, 1.54) is 25.2 Å². The van der Waals surface area contributed by atoms with Crippen molar-refractivity contribution in [1.82, 2.24) is 10.2 Å². The Morgan fingerprint density at radius 3 is 3.09 bits per heavy atom. The Balaban J connectivity index is 2.03. The monoisotopic (exact) mass is 153 g/mol. The maximum Gasteiger partial charge on any atom is 0.114 e. The van der Waals surface area contributed by atoms with Gasteiger partial charge in [0.2, 0.25) is 0 Å². The summed E-state index contributed by atoms with van der Waals surface area (Å²) in [7, 11) is 2.18. The molecule has 0 amide bonds. The number of hydrogen-bond donors (Lipinski definition) is 1. The van der Waals surface area contributed by atoms with Crippen LogP contribution >= 0.6 is 0 Å². The van der Waals surface area contributed by atoms with E-state index in [2.05, 4.69) is 22.3 Å². The van der Waals surface area contributed by atoms with Crippen LogP contribution in [0.4, 0.5) is 0 Å². The molecule has 0 bridgehead atoms. The van der Waals surface area contributed by atoms with Crippen LogP contribution in [0.25, 0.3) is 0 Å². The molecule has 0 radical (unpaired) electrons. The molecule has 62 valence electrons. The Morgan fingerprint density at radius 1 is 1.64 bits per heavy atom. The summed E-state index contributed by atoms with van der Waals surface area (Å²) in [5.74, 6) is 1.23. The van der Waals surface area contributed by atoms with Crippen LogP contribution in [0.2, 0.25) is 0 Å². The van der Waals surface area contributed by atoms with Crippen molar-refractivity contribution < 1.29 is 0 Å². The van der Waals surface area contributed by atoms with Crippen molar-refractivity contribution in [3.05, 3.63) is 0 Å². The van der Waals surface area contributed by atoms with Crippen LogP contribution in [-0.2, 0) is 0 Å². The molecule has 3 heteroatoms. The fraction of sp³-hybridized carbons (Fsp3) is 0.875.